The maximum absolute atomic E-state index is 10.4. The molecule has 0 spiro atoms. The first-order valence-corrected chi connectivity index (χ1v) is 3.25. The van der Waals surface area contributed by atoms with Crippen LogP contribution in [0.25, 0.3) is 0 Å². The van der Waals surface area contributed by atoms with Crippen molar-refractivity contribution in [3.63, 3.8) is 0 Å². The molecule has 0 aromatic rings. The standard InChI is InChI=1S/C6H11NO3.ClH/c7-6(5(9)10)2-1-4(8)3-6;/h4,8H,1-3,7H2,(H,9,10);1H/t4-,6+;/m1./s1. The van der Waals surface area contributed by atoms with Gasteiger partial charge in [-0.25, -0.2) is 0 Å². The van der Waals surface area contributed by atoms with Gasteiger partial charge >= 0.3 is 5.97 Å². The van der Waals surface area contributed by atoms with Gasteiger partial charge in [0.1, 0.15) is 5.54 Å². The molecular weight excluding hydrogens is 170 g/mol. The molecule has 0 aromatic carbocycles. The molecule has 0 bridgehead atoms. The van der Waals surface area contributed by atoms with Crippen molar-refractivity contribution >= 4 is 18.4 Å². The summed E-state index contributed by atoms with van der Waals surface area (Å²) < 4.78 is 0. The third-order valence-electron chi connectivity index (χ3n) is 1.95. The third kappa shape index (κ3) is 2.05. The zero-order chi connectivity index (χ0) is 7.78. The molecule has 1 fully saturated rings. The normalized spacial score (nSPS) is 36.4. The highest BCUT2D eigenvalue weighted by Gasteiger charge is 2.41. The fraction of sp³-hybridized carbons (Fsp3) is 0.833. The molecule has 0 heterocycles. The number of aliphatic carboxylic acids is 1. The van der Waals surface area contributed by atoms with E-state index in [0.717, 1.165) is 0 Å². The van der Waals surface area contributed by atoms with Crippen molar-refractivity contribution in [3.8, 4) is 0 Å². The summed E-state index contributed by atoms with van der Waals surface area (Å²) in [5, 5.41) is 17.5. The Hall–Kier alpha value is -0.320. The molecule has 0 saturated heterocycles. The fourth-order valence-corrected chi connectivity index (χ4v) is 1.24. The predicted octanol–water partition coefficient (Wildman–Crippen LogP) is -0.265. The largest absolute Gasteiger partial charge is 0.480 e. The summed E-state index contributed by atoms with van der Waals surface area (Å²) in [4.78, 5) is 10.4. The van der Waals surface area contributed by atoms with E-state index in [9.17, 15) is 4.79 Å². The van der Waals surface area contributed by atoms with Gasteiger partial charge in [-0.1, -0.05) is 0 Å². The minimum absolute atomic E-state index is 0. The SMILES string of the molecule is Cl.N[C@@]1(C(=O)O)CC[C@@H](O)C1. The lowest BCUT2D eigenvalue weighted by molar-refractivity contribution is -0.143. The number of carboxylic acid groups (broad SMARTS) is 1. The van der Waals surface area contributed by atoms with Crippen LogP contribution in [0.3, 0.4) is 0 Å². The van der Waals surface area contributed by atoms with Gasteiger partial charge in [0.15, 0.2) is 0 Å². The zero-order valence-corrected chi connectivity index (χ0v) is 6.80. The van der Waals surface area contributed by atoms with Gasteiger partial charge in [0, 0.05) is 6.42 Å². The lowest BCUT2D eigenvalue weighted by Crippen LogP contribution is -2.45. The molecule has 66 valence electrons. The van der Waals surface area contributed by atoms with Gasteiger partial charge in [-0.3, -0.25) is 4.79 Å². The molecule has 11 heavy (non-hydrogen) atoms. The van der Waals surface area contributed by atoms with E-state index in [2.05, 4.69) is 0 Å². The summed E-state index contributed by atoms with van der Waals surface area (Å²) in [6.45, 7) is 0. The van der Waals surface area contributed by atoms with Crippen LogP contribution in [-0.4, -0.2) is 27.8 Å². The number of aliphatic hydroxyl groups is 1. The second-order valence-electron chi connectivity index (χ2n) is 2.86. The number of nitrogens with two attached hydrogens (primary N) is 1. The van der Waals surface area contributed by atoms with Gasteiger partial charge in [-0.15, -0.1) is 12.4 Å². The summed E-state index contributed by atoms with van der Waals surface area (Å²) in [5.41, 5.74) is 4.27. The van der Waals surface area contributed by atoms with Crippen LogP contribution >= 0.6 is 12.4 Å². The Bertz CT molecular complexity index is 164. The molecule has 1 rings (SSSR count). The van der Waals surface area contributed by atoms with E-state index in [0.29, 0.717) is 12.8 Å². The maximum Gasteiger partial charge on any atom is 0.323 e. The average molecular weight is 182 g/mol. The topological polar surface area (TPSA) is 83.6 Å². The van der Waals surface area contributed by atoms with Crippen molar-refractivity contribution < 1.29 is 15.0 Å². The van der Waals surface area contributed by atoms with Crippen LogP contribution in [0, 0.1) is 0 Å². The van der Waals surface area contributed by atoms with E-state index in [1.165, 1.54) is 0 Å². The van der Waals surface area contributed by atoms with E-state index < -0.39 is 17.6 Å². The second kappa shape index (κ2) is 3.38. The van der Waals surface area contributed by atoms with Crippen molar-refractivity contribution in [1.82, 2.24) is 0 Å². The molecule has 5 heteroatoms. The molecule has 1 saturated carbocycles. The Morgan fingerprint density at radius 2 is 2.18 bits per heavy atom. The Labute approximate surface area is 70.8 Å². The molecule has 1 aliphatic carbocycles. The lowest BCUT2D eigenvalue weighted by atomic mass is 10.00. The highest BCUT2D eigenvalue weighted by Crippen LogP contribution is 2.27. The lowest BCUT2D eigenvalue weighted by Gasteiger charge is -2.16. The summed E-state index contributed by atoms with van der Waals surface area (Å²) in [7, 11) is 0. The second-order valence-corrected chi connectivity index (χ2v) is 2.86. The Kier molecular flexibility index (Phi) is 3.29. The molecular formula is C6H12ClNO3. The van der Waals surface area contributed by atoms with Crippen molar-refractivity contribution in [1.29, 1.82) is 0 Å². The molecule has 0 radical (unpaired) electrons. The van der Waals surface area contributed by atoms with Gasteiger partial charge in [-0.2, -0.15) is 0 Å². The molecule has 1 aliphatic rings. The van der Waals surface area contributed by atoms with Crippen LogP contribution in [0.1, 0.15) is 19.3 Å². The Morgan fingerprint density at radius 3 is 2.36 bits per heavy atom. The molecule has 4 N–H and O–H groups in total. The number of rotatable bonds is 1. The molecule has 2 atom stereocenters. The Morgan fingerprint density at radius 1 is 1.64 bits per heavy atom. The van der Waals surface area contributed by atoms with Crippen LogP contribution in [0.5, 0.6) is 0 Å². The maximum atomic E-state index is 10.4. The molecule has 4 nitrogen and oxygen atoms in total. The average Bonchev–Trinajstić information content (AvgIpc) is 2.13. The number of carbonyl (C=O) groups is 1. The van der Waals surface area contributed by atoms with E-state index in [-0.39, 0.29) is 18.8 Å². The Balaban J connectivity index is 0.000001000. The molecule has 0 unspecified atom stereocenters. The monoisotopic (exact) mass is 181 g/mol. The summed E-state index contributed by atoms with van der Waals surface area (Å²) >= 11 is 0. The first-order chi connectivity index (χ1) is 4.54. The number of carboxylic acids is 1. The van der Waals surface area contributed by atoms with E-state index in [1.54, 1.807) is 0 Å². The number of hydrogen-bond acceptors (Lipinski definition) is 3. The fourth-order valence-electron chi connectivity index (χ4n) is 1.24. The quantitative estimate of drug-likeness (QED) is 0.520. The molecule has 0 amide bonds. The van der Waals surface area contributed by atoms with Gasteiger partial charge < -0.3 is 15.9 Å². The zero-order valence-electron chi connectivity index (χ0n) is 5.99. The third-order valence-corrected chi connectivity index (χ3v) is 1.95. The highest BCUT2D eigenvalue weighted by molar-refractivity contribution is 5.85. The van der Waals surface area contributed by atoms with Crippen LogP contribution in [0.15, 0.2) is 0 Å². The number of halogens is 1. The van der Waals surface area contributed by atoms with Crippen LogP contribution in [-0.2, 0) is 4.79 Å². The van der Waals surface area contributed by atoms with Crippen molar-refractivity contribution in [2.45, 2.75) is 30.9 Å². The smallest absolute Gasteiger partial charge is 0.323 e. The van der Waals surface area contributed by atoms with E-state index in [1.807, 2.05) is 0 Å². The molecule has 0 aliphatic heterocycles. The summed E-state index contributed by atoms with van der Waals surface area (Å²) in [5.74, 6) is -1.01. The van der Waals surface area contributed by atoms with Gasteiger partial charge in [0.05, 0.1) is 6.10 Å². The van der Waals surface area contributed by atoms with Gasteiger partial charge in [0.25, 0.3) is 0 Å². The first-order valence-electron chi connectivity index (χ1n) is 3.25. The van der Waals surface area contributed by atoms with Gasteiger partial charge in [-0.05, 0) is 12.8 Å². The van der Waals surface area contributed by atoms with Crippen LogP contribution < -0.4 is 5.73 Å². The number of aliphatic hydroxyl groups excluding tert-OH is 1. The van der Waals surface area contributed by atoms with Crippen molar-refractivity contribution in [3.05, 3.63) is 0 Å². The first kappa shape index (κ1) is 10.7. The minimum Gasteiger partial charge on any atom is -0.480 e. The van der Waals surface area contributed by atoms with E-state index >= 15 is 0 Å². The molecule has 0 aromatic heterocycles. The minimum atomic E-state index is -1.17. The van der Waals surface area contributed by atoms with Crippen LogP contribution in [0.4, 0.5) is 0 Å². The van der Waals surface area contributed by atoms with Crippen LogP contribution in [0.2, 0.25) is 0 Å². The highest BCUT2D eigenvalue weighted by atomic mass is 35.5. The van der Waals surface area contributed by atoms with Gasteiger partial charge in [0.2, 0.25) is 0 Å². The number of hydrogen-bond donors (Lipinski definition) is 3. The summed E-state index contributed by atoms with van der Waals surface area (Å²) in [6, 6.07) is 0. The van der Waals surface area contributed by atoms with Crippen molar-refractivity contribution in [2.24, 2.45) is 5.73 Å². The summed E-state index contributed by atoms with van der Waals surface area (Å²) in [6.07, 6.45) is 0.537. The van der Waals surface area contributed by atoms with Crippen molar-refractivity contribution in [2.75, 3.05) is 0 Å². The predicted molar refractivity (Wildman–Crippen MR) is 41.7 cm³/mol. The van der Waals surface area contributed by atoms with E-state index in [4.69, 9.17) is 15.9 Å².